The molecular weight excluding hydrogens is 320 g/mol. The molecule has 0 amide bonds. The van der Waals surface area contributed by atoms with Gasteiger partial charge in [-0.2, -0.15) is 4.98 Å². The van der Waals surface area contributed by atoms with Crippen molar-refractivity contribution in [2.45, 2.75) is 39.5 Å². The van der Waals surface area contributed by atoms with Crippen LogP contribution in [0, 0.1) is 13.8 Å². The summed E-state index contributed by atoms with van der Waals surface area (Å²) >= 11 is 0. The van der Waals surface area contributed by atoms with Gasteiger partial charge < -0.3 is 10.2 Å². The second kappa shape index (κ2) is 7.32. The van der Waals surface area contributed by atoms with E-state index in [1.807, 2.05) is 6.07 Å². The number of anilines is 3. The van der Waals surface area contributed by atoms with Crippen LogP contribution in [0.4, 0.5) is 17.5 Å². The Morgan fingerprint density at radius 2 is 1.62 bits per heavy atom. The number of fused-ring (bicyclic) bond motifs is 1. The van der Waals surface area contributed by atoms with Crippen LogP contribution in [-0.2, 0) is 0 Å². The maximum Gasteiger partial charge on any atom is 0.229 e. The van der Waals surface area contributed by atoms with Crippen molar-refractivity contribution in [1.82, 2.24) is 9.97 Å². The monoisotopic (exact) mass is 346 g/mol. The quantitative estimate of drug-likeness (QED) is 0.692. The zero-order valence-corrected chi connectivity index (χ0v) is 15.6. The van der Waals surface area contributed by atoms with Gasteiger partial charge in [-0.3, -0.25) is 0 Å². The fourth-order valence-electron chi connectivity index (χ4n) is 3.65. The molecule has 4 heteroatoms. The molecule has 0 atom stereocenters. The highest BCUT2D eigenvalue weighted by atomic mass is 15.2. The van der Waals surface area contributed by atoms with Crippen molar-refractivity contribution >= 4 is 28.4 Å². The number of para-hydroxylation sites is 1. The largest absolute Gasteiger partial charge is 0.356 e. The summed E-state index contributed by atoms with van der Waals surface area (Å²) in [5.41, 5.74) is 4.57. The van der Waals surface area contributed by atoms with Crippen molar-refractivity contribution in [3.05, 3.63) is 53.6 Å². The SMILES string of the molecule is Cc1cccc(Nc2nc(N3CCCCCC3)c3ccccc3n2)c1C. The summed E-state index contributed by atoms with van der Waals surface area (Å²) in [4.78, 5) is 12.1. The van der Waals surface area contributed by atoms with Crippen LogP contribution in [0.5, 0.6) is 0 Å². The van der Waals surface area contributed by atoms with E-state index in [0.717, 1.165) is 35.5 Å². The number of hydrogen-bond donors (Lipinski definition) is 1. The molecule has 1 N–H and O–H groups in total. The molecule has 2 heterocycles. The van der Waals surface area contributed by atoms with E-state index in [9.17, 15) is 0 Å². The molecule has 0 saturated carbocycles. The maximum atomic E-state index is 4.94. The molecule has 4 nitrogen and oxygen atoms in total. The molecule has 1 aromatic heterocycles. The summed E-state index contributed by atoms with van der Waals surface area (Å²) in [5, 5.41) is 4.59. The summed E-state index contributed by atoms with van der Waals surface area (Å²) in [6.45, 7) is 6.41. The van der Waals surface area contributed by atoms with Crippen molar-refractivity contribution < 1.29 is 0 Å². The van der Waals surface area contributed by atoms with E-state index in [1.165, 1.54) is 36.8 Å². The van der Waals surface area contributed by atoms with E-state index in [0.29, 0.717) is 5.95 Å². The Kier molecular flexibility index (Phi) is 4.74. The van der Waals surface area contributed by atoms with Gasteiger partial charge in [0.15, 0.2) is 0 Å². The minimum Gasteiger partial charge on any atom is -0.356 e. The molecule has 0 aliphatic carbocycles. The predicted octanol–water partition coefficient (Wildman–Crippen LogP) is 5.37. The van der Waals surface area contributed by atoms with Crippen molar-refractivity contribution in [3.63, 3.8) is 0 Å². The molecule has 26 heavy (non-hydrogen) atoms. The lowest BCUT2D eigenvalue weighted by Crippen LogP contribution is -2.25. The number of hydrogen-bond acceptors (Lipinski definition) is 4. The summed E-state index contributed by atoms with van der Waals surface area (Å²) in [6, 6.07) is 14.6. The minimum absolute atomic E-state index is 0.677. The molecule has 0 spiro atoms. The average Bonchev–Trinajstić information content (AvgIpc) is 2.94. The number of nitrogens with zero attached hydrogens (tertiary/aromatic N) is 3. The number of aryl methyl sites for hydroxylation is 1. The molecule has 2 aromatic carbocycles. The van der Waals surface area contributed by atoms with Crippen LogP contribution in [-0.4, -0.2) is 23.1 Å². The van der Waals surface area contributed by atoms with Crippen LogP contribution in [0.2, 0.25) is 0 Å². The number of aromatic nitrogens is 2. The lowest BCUT2D eigenvalue weighted by molar-refractivity contribution is 0.726. The third kappa shape index (κ3) is 3.36. The highest BCUT2D eigenvalue weighted by Crippen LogP contribution is 2.29. The van der Waals surface area contributed by atoms with Crippen LogP contribution in [0.25, 0.3) is 10.9 Å². The molecule has 0 bridgehead atoms. The molecule has 1 aliphatic rings. The maximum absolute atomic E-state index is 4.94. The van der Waals surface area contributed by atoms with Gasteiger partial charge in [0.1, 0.15) is 5.82 Å². The van der Waals surface area contributed by atoms with E-state index >= 15 is 0 Å². The number of benzene rings is 2. The number of nitrogens with one attached hydrogen (secondary N) is 1. The summed E-state index contributed by atoms with van der Waals surface area (Å²) in [6.07, 6.45) is 5.09. The van der Waals surface area contributed by atoms with Gasteiger partial charge in [-0.1, -0.05) is 37.1 Å². The predicted molar refractivity (Wildman–Crippen MR) is 109 cm³/mol. The van der Waals surface area contributed by atoms with Gasteiger partial charge in [0.05, 0.1) is 5.52 Å². The van der Waals surface area contributed by atoms with E-state index in [1.54, 1.807) is 0 Å². The Hall–Kier alpha value is -2.62. The lowest BCUT2D eigenvalue weighted by Gasteiger charge is -2.23. The van der Waals surface area contributed by atoms with Gasteiger partial charge in [0.2, 0.25) is 5.95 Å². The zero-order chi connectivity index (χ0) is 17.9. The molecule has 1 saturated heterocycles. The van der Waals surface area contributed by atoms with Gasteiger partial charge >= 0.3 is 0 Å². The highest BCUT2D eigenvalue weighted by molar-refractivity contribution is 5.90. The van der Waals surface area contributed by atoms with Gasteiger partial charge in [-0.25, -0.2) is 4.98 Å². The number of rotatable bonds is 3. The van der Waals surface area contributed by atoms with Crippen LogP contribution in [0.1, 0.15) is 36.8 Å². The first-order chi connectivity index (χ1) is 12.7. The molecule has 4 rings (SSSR count). The molecule has 1 fully saturated rings. The molecule has 3 aromatic rings. The Labute approximate surface area is 155 Å². The first-order valence-electron chi connectivity index (χ1n) is 9.57. The van der Waals surface area contributed by atoms with Gasteiger partial charge in [0, 0.05) is 24.2 Å². The van der Waals surface area contributed by atoms with Crippen molar-refractivity contribution in [2.24, 2.45) is 0 Å². The summed E-state index contributed by atoms with van der Waals surface area (Å²) < 4.78 is 0. The molecule has 1 aliphatic heterocycles. The van der Waals surface area contributed by atoms with Crippen molar-refractivity contribution in [1.29, 1.82) is 0 Å². The molecular formula is C22H26N4. The summed E-state index contributed by atoms with van der Waals surface area (Å²) in [5.74, 6) is 1.74. The standard InChI is InChI=1S/C22H26N4/c1-16-10-9-13-19(17(16)2)23-22-24-20-12-6-5-11-18(20)21(25-22)26-14-7-3-4-8-15-26/h5-6,9-13H,3-4,7-8,14-15H2,1-2H3,(H,23,24,25). The van der Waals surface area contributed by atoms with E-state index in [-0.39, 0.29) is 0 Å². The summed E-state index contributed by atoms with van der Waals surface area (Å²) in [7, 11) is 0. The Morgan fingerprint density at radius 1 is 0.846 bits per heavy atom. The third-order valence-electron chi connectivity index (χ3n) is 5.34. The van der Waals surface area contributed by atoms with E-state index in [2.05, 4.69) is 60.5 Å². The van der Waals surface area contributed by atoms with Crippen LogP contribution in [0.3, 0.4) is 0 Å². The average molecular weight is 346 g/mol. The van der Waals surface area contributed by atoms with Gasteiger partial charge in [-0.05, 0) is 56.0 Å². The molecule has 0 radical (unpaired) electrons. The van der Waals surface area contributed by atoms with Crippen molar-refractivity contribution in [2.75, 3.05) is 23.3 Å². The van der Waals surface area contributed by atoms with Gasteiger partial charge in [0.25, 0.3) is 0 Å². The van der Waals surface area contributed by atoms with Crippen molar-refractivity contribution in [3.8, 4) is 0 Å². The Bertz CT molecular complexity index is 911. The fraction of sp³-hybridized carbons (Fsp3) is 0.364. The molecule has 134 valence electrons. The van der Waals surface area contributed by atoms with Crippen LogP contribution >= 0.6 is 0 Å². The third-order valence-corrected chi connectivity index (χ3v) is 5.34. The highest BCUT2D eigenvalue weighted by Gasteiger charge is 2.16. The second-order valence-electron chi connectivity index (χ2n) is 7.16. The Morgan fingerprint density at radius 3 is 2.42 bits per heavy atom. The minimum atomic E-state index is 0.677. The first kappa shape index (κ1) is 16.8. The smallest absolute Gasteiger partial charge is 0.229 e. The topological polar surface area (TPSA) is 41.1 Å². The lowest BCUT2D eigenvalue weighted by atomic mass is 10.1. The second-order valence-corrected chi connectivity index (χ2v) is 7.16. The molecule has 0 unspecified atom stereocenters. The normalized spacial score (nSPS) is 15.1. The fourth-order valence-corrected chi connectivity index (χ4v) is 3.65. The van der Waals surface area contributed by atoms with Gasteiger partial charge in [-0.15, -0.1) is 0 Å². The van der Waals surface area contributed by atoms with Crippen LogP contribution < -0.4 is 10.2 Å². The van der Waals surface area contributed by atoms with Crippen LogP contribution in [0.15, 0.2) is 42.5 Å². The van der Waals surface area contributed by atoms with E-state index in [4.69, 9.17) is 9.97 Å². The zero-order valence-electron chi connectivity index (χ0n) is 15.6. The first-order valence-corrected chi connectivity index (χ1v) is 9.57. The van der Waals surface area contributed by atoms with E-state index < -0.39 is 0 Å². The Balaban J connectivity index is 1.77.